The highest BCUT2D eigenvalue weighted by atomic mass is 32.2. The van der Waals surface area contributed by atoms with Gasteiger partial charge in [0.25, 0.3) is 0 Å². The molecular weight excluding hydrogens is 454 g/mol. The van der Waals surface area contributed by atoms with Crippen molar-refractivity contribution in [3.8, 4) is 17.2 Å². The third kappa shape index (κ3) is 4.46. The molecule has 0 unspecified atom stereocenters. The molecule has 0 saturated heterocycles. The average molecular weight is 478 g/mol. The zero-order valence-electron chi connectivity index (χ0n) is 18.4. The number of nitrogens with zero attached hydrogens (tertiary/aromatic N) is 2. The second-order valence-electron chi connectivity index (χ2n) is 9.36. The molecule has 9 heteroatoms. The Labute approximate surface area is 197 Å². The van der Waals surface area contributed by atoms with E-state index in [0.717, 1.165) is 24.1 Å². The van der Waals surface area contributed by atoms with Crippen LogP contribution in [-0.4, -0.2) is 36.0 Å². The molecule has 1 heterocycles. The van der Waals surface area contributed by atoms with E-state index in [1.807, 2.05) is 12.2 Å². The molecule has 5 rings (SSSR count). The zero-order chi connectivity index (χ0) is 24.1. The molecule has 0 amide bonds. The molecule has 0 spiro atoms. The Morgan fingerprint density at radius 1 is 1.21 bits per heavy atom. The summed E-state index contributed by atoms with van der Waals surface area (Å²) in [6.07, 6.45) is 7.55. The summed E-state index contributed by atoms with van der Waals surface area (Å²) in [7, 11) is -3.82. The van der Waals surface area contributed by atoms with Crippen molar-refractivity contribution in [1.82, 2.24) is 4.98 Å². The molecule has 2 saturated carbocycles. The van der Waals surface area contributed by atoms with Crippen LogP contribution in [0.3, 0.4) is 0 Å². The summed E-state index contributed by atoms with van der Waals surface area (Å²) in [5.74, 6) is -1.26. The number of carboxylic acid groups (broad SMARTS) is 1. The van der Waals surface area contributed by atoms with E-state index in [2.05, 4.69) is 15.8 Å². The fourth-order valence-corrected chi connectivity index (χ4v) is 6.01. The Balaban J connectivity index is 1.50. The molecule has 2 aromatic rings. The summed E-state index contributed by atoms with van der Waals surface area (Å²) in [4.78, 5) is 29.1. The van der Waals surface area contributed by atoms with E-state index in [9.17, 15) is 28.4 Å². The maximum absolute atomic E-state index is 12.6. The highest BCUT2D eigenvalue weighted by Crippen LogP contribution is 2.46. The standard InChI is InChI=1S/C25H23N3O5S/c26-13-25(8-9-25)14-34(32,33)28-16-6-7-18(21(10-16)24(30)31)20-11-17(12-23(29)15-4-5-15)27-22-3-1-2-19(20)22/h1-2,6-7,10-11,15,28H,3-5,8-9,12,14H2,(H,30,31). The number of carboxylic acids is 1. The number of rotatable bonds is 9. The number of anilines is 1. The average Bonchev–Trinajstić information content (AvgIpc) is 3.71. The van der Waals surface area contributed by atoms with Crippen molar-refractivity contribution in [2.45, 2.75) is 38.5 Å². The van der Waals surface area contributed by atoms with Gasteiger partial charge in [-0.25, -0.2) is 13.2 Å². The first kappa shape index (κ1) is 22.3. The number of benzene rings is 1. The van der Waals surface area contributed by atoms with E-state index < -0.39 is 21.4 Å². The number of allylic oxidation sites excluding steroid dienone is 1. The molecule has 3 aliphatic rings. The molecule has 0 atom stereocenters. The molecular formula is C25H23N3O5S. The number of fused-ring (bicyclic) bond motifs is 1. The minimum atomic E-state index is -3.82. The van der Waals surface area contributed by atoms with Gasteiger partial charge in [-0.15, -0.1) is 0 Å². The Morgan fingerprint density at radius 3 is 2.62 bits per heavy atom. The number of carbonyl (C=O) groups excluding carboxylic acids is 1. The predicted molar refractivity (Wildman–Crippen MR) is 125 cm³/mol. The van der Waals surface area contributed by atoms with Gasteiger partial charge >= 0.3 is 5.97 Å². The first-order valence-corrected chi connectivity index (χ1v) is 12.9. The van der Waals surface area contributed by atoms with Gasteiger partial charge in [0.15, 0.2) is 0 Å². The number of carbonyl (C=O) groups is 2. The number of nitriles is 1. The van der Waals surface area contributed by atoms with Crippen LogP contribution in [0.2, 0.25) is 0 Å². The van der Waals surface area contributed by atoms with Crippen LogP contribution >= 0.6 is 0 Å². The monoisotopic (exact) mass is 477 g/mol. The smallest absolute Gasteiger partial charge is 0.336 e. The molecule has 3 aliphatic carbocycles. The fraction of sp³-hybridized carbons (Fsp3) is 0.360. The topological polar surface area (TPSA) is 137 Å². The minimum absolute atomic E-state index is 0.0604. The Morgan fingerprint density at radius 2 is 1.97 bits per heavy atom. The van der Waals surface area contributed by atoms with Crippen molar-refractivity contribution in [2.24, 2.45) is 11.3 Å². The van der Waals surface area contributed by atoms with Crippen LogP contribution in [0.1, 0.15) is 53.0 Å². The number of nitrogens with one attached hydrogen (secondary N) is 1. The van der Waals surface area contributed by atoms with Crippen molar-refractivity contribution < 1.29 is 23.1 Å². The maximum atomic E-state index is 12.6. The third-order valence-corrected chi connectivity index (χ3v) is 8.02. The summed E-state index contributed by atoms with van der Waals surface area (Å²) in [6, 6.07) is 8.22. The lowest BCUT2D eigenvalue weighted by Crippen LogP contribution is -2.23. The van der Waals surface area contributed by atoms with Crippen LogP contribution in [0.4, 0.5) is 5.69 Å². The Bertz CT molecular complexity index is 1400. The van der Waals surface area contributed by atoms with E-state index in [-0.39, 0.29) is 35.1 Å². The van der Waals surface area contributed by atoms with Gasteiger partial charge in [0.05, 0.1) is 28.5 Å². The molecule has 34 heavy (non-hydrogen) atoms. The first-order chi connectivity index (χ1) is 16.2. The van der Waals surface area contributed by atoms with E-state index in [1.54, 1.807) is 12.1 Å². The second kappa shape index (κ2) is 8.06. The third-order valence-electron chi connectivity index (χ3n) is 6.54. The van der Waals surface area contributed by atoms with Gasteiger partial charge in [-0.2, -0.15) is 5.26 Å². The van der Waals surface area contributed by atoms with Gasteiger partial charge in [0, 0.05) is 35.7 Å². The van der Waals surface area contributed by atoms with E-state index >= 15 is 0 Å². The first-order valence-electron chi connectivity index (χ1n) is 11.2. The lowest BCUT2D eigenvalue weighted by Gasteiger charge is -2.15. The van der Waals surface area contributed by atoms with E-state index in [0.29, 0.717) is 36.1 Å². The molecule has 0 aliphatic heterocycles. The van der Waals surface area contributed by atoms with Crippen LogP contribution in [-0.2, 0) is 27.7 Å². The largest absolute Gasteiger partial charge is 0.478 e. The van der Waals surface area contributed by atoms with Crippen molar-refractivity contribution in [1.29, 1.82) is 5.26 Å². The predicted octanol–water partition coefficient (Wildman–Crippen LogP) is 3.58. The molecule has 0 radical (unpaired) electrons. The number of Topliss-reactive ketones (excluding diaryl/α,β-unsaturated/α-hetero) is 1. The lowest BCUT2D eigenvalue weighted by atomic mass is 9.93. The highest BCUT2D eigenvalue weighted by Gasteiger charge is 2.47. The number of hydrogen-bond donors (Lipinski definition) is 2. The summed E-state index contributed by atoms with van der Waals surface area (Å²) < 4.78 is 27.5. The van der Waals surface area contributed by atoms with Gasteiger partial charge in [-0.05, 0) is 55.0 Å². The van der Waals surface area contributed by atoms with Crippen molar-refractivity contribution in [2.75, 3.05) is 10.5 Å². The summed E-state index contributed by atoms with van der Waals surface area (Å²) >= 11 is 0. The molecule has 2 fully saturated rings. The number of aromatic nitrogens is 1. The molecule has 1 aromatic carbocycles. The molecule has 174 valence electrons. The van der Waals surface area contributed by atoms with Gasteiger partial charge < -0.3 is 5.11 Å². The SMILES string of the molecule is N#CC1(CS(=O)(=O)Nc2ccc(-c3cc(CC(=O)C4CC4)nc4c3C=CC4)c(C(=O)O)c2)CC1. The quantitative estimate of drug-likeness (QED) is 0.563. The lowest BCUT2D eigenvalue weighted by molar-refractivity contribution is -0.119. The number of ketones is 1. The molecule has 0 bridgehead atoms. The fourth-order valence-electron chi connectivity index (χ4n) is 4.38. The Hall–Kier alpha value is -3.51. The second-order valence-corrected chi connectivity index (χ2v) is 11.1. The summed E-state index contributed by atoms with van der Waals surface area (Å²) in [5.41, 5.74) is 2.52. The van der Waals surface area contributed by atoms with Crippen LogP contribution in [0, 0.1) is 22.7 Å². The highest BCUT2D eigenvalue weighted by molar-refractivity contribution is 7.92. The van der Waals surface area contributed by atoms with Crippen LogP contribution in [0.5, 0.6) is 0 Å². The Kier molecular flexibility index (Phi) is 5.29. The number of pyridine rings is 1. The van der Waals surface area contributed by atoms with Gasteiger partial charge in [0.1, 0.15) is 5.78 Å². The number of hydrogen-bond acceptors (Lipinski definition) is 6. The van der Waals surface area contributed by atoms with Crippen molar-refractivity contribution in [3.05, 3.63) is 52.9 Å². The zero-order valence-corrected chi connectivity index (χ0v) is 19.2. The van der Waals surface area contributed by atoms with Crippen molar-refractivity contribution in [3.63, 3.8) is 0 Å². The van der Waals surface area contributed by atoms with Gasteiger partial charge in [-0.3, -0.25) is 14.5 Å². The summed E-state index contributed by atoms with van der Waals surface area (Å²) in [6.45, 7) is 0. The van der Waals surface area contributed by atoms with Crippen LogP contribution in [0.25, 0.3) is 17.2 Å². The number of sulfonamides is 1. The normalized spacial score (nSPS) is 17.6. The number of aromatic carboxylic acids is 1. The molecule has 8 nitrogen and oxygen atoms in total. The van der Waals surface area contributed by atoms with Crippen LogP contribution in [0.15, 0.2) is 30.3 Å². The van der Waals surface area contributed by atoms with E-state index in [4.69, 9.17) is 0 Å². The summed E-state index contributed by atoms with van der Waals surface area (Å²) in [5, 5.41) is 19.1. The molecule has 1 aromatic heterocycles. The van der Waals surface area contributed by atoms with Crippen molar-refractivity contribution >= 4 is 33.5 Å². The van der Waals surface area contributed by atoms with Gasteiger partial charge in [0.2, 0.25) is 10.0 Å². The van der Waals surface area contributed by atoms with Crippen LogP contribution < -0.4 is 4.72 Å². The van der Waals surface area contributed by atoms with E-state index in [1.165, 1.54) is 12.1 Å². The molecule has 2 N–H and O–H groups in total. The maximum Gasteiger partial charge on any atom is 0.336 e. The minimum Gasteiger partial charge on any atom is -0.478 e. The van der Waals surface area contributed by atoms with Gasteiger partial charge in [-0.1, -0.05) is 18.2 Å².